The summed E-state index contributed by atoms with van der Waals surface area (Å²) in [6.07, 6.45) is -1.21. The van der Waals surface area contributed by atoms with Gasteiger partial charge < -0.3 is 21.5 Å². The van der Waals surface area contributed by atoms with E-state index in [9.17, 15) is 19.2 Å². The number of nitrogens with two attached hydrogens (primary N) is 1. The molecule has 0 heterocycles. The van der Waals surface area contributed by atoms with Crippen LogP contribution in [0.15, 0.2) is 24.3 Å². The minimum atomic E-state index is -1.45. The van der Waals surface area contributed by atoms with Crippen LogP contribution in [0.1, 0.15) is 24.8 Å². The van der Waals surface area contributed by atoms with Gasteiger partial charge in [0.25, 0.3) is 5.91 Å². The number of rotatable bonds is 9. The summed E-state index contributed by atoms with van der Waals surface area (Å²) in [5.74, 6) is -3.72. The summed E-state index contributed by atoms with van der Waals surface area (Å²) < 4.78 is 0. The number of hydroxylamine groups is 1. The molecule has 1 aromatic carbocycles. The van der Waals surface area contributed by atoms with Crippen LogP contribution in [-0.4, -0.2) is 45.9 Å². The first-order chi connectivity index (χ1) is 12.2. The summed E-state index contributed by atoms with van der Waals surface area (Å²) in [5, 5.41) is 29.2. The SMILES string of the molecule is N=C(N)c1ccc(NC(=O)CCC(=O)N[C@@H](CC(=O)O)C(=O)NO)cc1. The fraction of sp³-hybridized carbons (Fsp3) is 0.267. The van der Waals surface area contributed by atoms with Crippen molar-refractivity contribution < 1.29 is 29.5 Å². The molecule has 1 rings (SSSR count). The summed E-state index contributed by atoms with van der Waals surface area (Å²) in [5.41, 5.74) is 7.53. The van der Waals surface area contributed by atoms with E-state index >= 15 is 0 Å². The van der Waals surface area contributed by atoms with E-state index in [-0.39, 0.29) is 18.7 Å². The zero-order valence-electron chi connectivity index (χ0n) is 13.6. The maximum absolute atomic E-state index is 11.8. The molecule has 140 valence electrons. The monoisotopic (exact) mass is 365 g/mol. The lowest BCUT2D eigenvalue weighted by Gasteiger charge is -2.14. The van der Waals surface area contributed by atoms with Gasteiger partial charge in [0.15, 0.2) is 0 Å². The molecule has 1 atom stereocenters. The summed E-state index contributed by atoms with van der Waals surface area (Å²) in [7, 11) is 0. The summed E-state index contributed by atoms with van der Waals surface area (Å²) in [6, 6.07) is 4.74. The molecule has 0 aliphatic rings. The van der Waals surface area contributed by atoms with Gasteiger partial charge in [-0.2, -0.15) is 0 Å². The van der Waals surface area contributed by atoms with Gasteiger partial charge >= 0.3 is 5.97 Å². The number of carbonyl (C=O) groups is 4. The van der Waals surface area contributed by atoms with Crippen LogP contribution >= 0.6 is 0 Å². The topological polar surface area (TPSA) is 195 Å². The zero-order valence-corrected chi connectivity index (χ0v) is 13.6. The van der Waals surface area contributed by atoms with E-state index in [0.29, 0.717) is 11.3 Å². The number of nitrogen functional groups attached to an aromatic ring is 1. The lowest BCUT2D eigenvalue weighted by molar-refractivity contribution is -0.143. The number of carboxylic acids is 1. The minimum Gasteiger partial charge on any atom is -0.481 e. The molecule has 0 bridgehead atoms. The Bertz CT molecular complexity index is 703. The van der Waals surface area contributed by atoms with Gasteiger partial charge in [0.1, 0.15) is 11.9 Å². The maximum atomic E-state index is 11.8. The highest BCUT2D eigenvalue weighted by Gasteiger charge is 2.23. The number of amides is 3. The third-order valence-electron chi connectivity index (χ3n) is 3.20. The molecule has 3 amide bonds. The Morgan fingerprint density at radius 1 is 1.08 bits per heavy atom. The largest absolute Gasteiger partial charge is 0.481 e. The van der Waals surface area contributed by atoms with Gasteiger partial charge in [-0.3, -0.25) is 29.8 Å². The van der Waals surface area contributed by atoms with Crippen molar-refractivity contribution in [2.75, 3.05) is 5.32 Å². The van der Waals surface area contributed by atoms with E-state index in [2.05, 4.69) is 10.6 Å². The van der Waals surface area contributed by atoms with Crippen LogP contribution < -0.4 is 21.8 Å². The van der Waals surface area contributed by atoms with Crippen molar-refractivity contribution in [1.82, 2.24) is 10.8 Å². The second-order valence-electron chi connectivity index (χ2n) is 5.23. The van der Waals surface area contributed by atoms with Crippen molar-refractivity contribution in [1.29, 1.82) is 5.41 Å². The highest BCUT2D eigenvalue weighted by Crippen LogP contribution is 2.10. The van der Waals surface area contributed by atoms with E-state index < -0.39 is 36.2 Å². The summed E-state index contributed by atoms with van der Waals surface area (Å²) in [4.78, 5) is 45.5. The van der Waals surface area contributed by atoms with E-state index in [1.165, 1.54) is 5.48 Å². The van der Waals surface area contributed by atoms with Crippen LogP contribution in [0.4, 0.5) is 5.69 Å². The number of hydrogen-bond acceptors (Lipinski definition) is 6. The van der Waals surface area contributed by atoms with Gasteiger partial charge in [-0.1, -0.05) is 0 Å². The van der Waals surface area contributed by atoms with Crippen molar-refractivity contribution >= 4 is 35.2 Å². The molecule has 26 heavy (non-hydrogen) atoms. The number of carbonyl (C=O) groups excluding carboxylic acids is 3. The third-order valence-corrected chi connectivity index (χ3v) is 3.20. The van der Waals surface area contributed by atoms with Gasteiger partial charge in [0.2, 0.25) is 11.8 Å². The number of amidine groups is 1. The maximum Gasteiger partial charge on any atom is 0.305 e. The average molecular weight is 365 g/mol. The number of nitrogens with one attached hydrogen (secondary N) is 4. The first-order valence-corrected chi connectivity index (χ1v) is 7.42. The Hall–Kier alpha value is -3.47. The van der Waals surface area contributed by atoms with Crippen LogP contribution in [-0.2, 0) is 19.2 Å². The number of anilines is 1. The predicted molar refractivity (Wildman–Crippen MR) is 89.4 cm³/mol. The van der Waals surface area contributed by atoms with Gasteiger partial charge in [0.05, 0.1) is 6.42 Å². The number of hydrogen-bond donors (Lipinski definition) is 7. The quantitative estimate of drug-likeness (QED) is 0.128. The molecule has 1 aromatic rings. The van der Waals surface area contributed by atoms with E-state index in [4.69, 9.17) is 21.5 Å². The molecule has 0 aromatic heterocycles. The lowest BCUT2D eigenvalue weighted by Crippen LogP contribution is -2.47. The fourth-order valence-electron chi connectivity index (χ4n) is 1.91. The van der Waals surface area contributed by atoms with E-state index in [1.54, 1.807) is 24.3 Å². The second-order valence-corrected chi connectivity index (χ2v) is 5.23. The zero-order chi connectivity index (χ0) is 19.7. The average Bonchev–Trinajstić information content (AvgIpc) is 2.58. The Kier molecular flexibility index (Phi) is 7.70. The van der Waals surface area contributed by atoms with E-state index in [0.717, 1.165) is 0 Å². The Morgan fingerprint density at radius 2 is 1.65 bits per heavy atom. The second kappa shape index (κ2) is 9.74. The highest BCUT2D eigenvalue weighted by molar-refractivity contribution is 5.97. The van der Waals surface area contributed by atoms with Crippen molar-refractivity contribution in [3.63, 3.8) is 0 Å². The summed E-state index contributed by atoms with van der Waals surface area (Å²) >= 11 is 0. The Balaban J connectivity index is 2.49. The molecule has 11 nitrogen and oxygen atoms in total. The normalized spacial score (nSPS) is 11.1. The molecule has 0 saturated heterocycles. The molecule has 0 radical (unpaired) electrons. The Morgan fingerprint density at radius 3 is 2.15 bits per heavy atom. The number of aliphatic carboxylic acids is 1. The molecular formula is C15H19N5O6. The van der Waals surface area contributed by atoms with Crippen molar-refractivity contribution in [3.8, 4) is 0 Å². The molecule has 0 saturated carbocycles. The Labute approximate surface area is 148 Å². The van der Waals surface area contributed by atoms with Crippen LogP contribution in [0, 0.1) is 5.41 Å². The molecule has 0 spiro atoms. The molecular weight excluding hydrogens is 346 g/mol. The lowest BCUT2D eigenvalue weighted by atomic mass is 10.1. The smallest absolute Gasteiger partial charge is 0.305 e. The first kappa shape index (κ1) is 20.6. The van der Waals surface area contributed by atoms with Gasteiger partial charge in [-0.25, -0.2) is 5.48 Å². The van der Waals surface area contributed by atoms with Crippen molar-refractivity contribution in [2.24, 2.45) is 5.73 Å². The molecule has 11 heteroatoms. The standard InChI is InChI=1S/C15H19N5O6/c16-14(17)8-1-3-9(4-2-8)18-11(21)5-6-12(22)19-10(7-13(23)24)15(25)20-26/h1-4,10,26H,5-7H2,(H3,16,17)(H,18,21)(H,19,22)(H,20,25)(H,23,24)/t10-/m0/s1. The van der Waals surface area contributed by atoms with Gasteiger partial charge in [-0.05, 0) is 24.3 Å². The van der Waals surface area contributed by atoms with Crippen LogP contribution in [0.25, 0.3) is 0 Å². The fourth-order valence-corrected chi connectivity index (χ4v) is 1.91. The molecule has 0 aliphatic heterocycles. The van der Waals surface area contributed by atoms with Gasteiger partial charge in [-0.15, -0.1) is 0 Å². The number of benzene rings is 1. The summed E-state index contributed by atoms with van der Waals surface area (Å²) in [6.45, 7) is 0. The molecule has 0 aliphatic carbocycles. The van der Waals surface area contributed by atoms with E-state index in [1.807, 2.05) is 0 Å². The van der Waals surface area contributed by atoms with Crippen LogP contribution in [0.3, 0.4) is 0 Å². The van der Waals surface area contributed by atoms with Crippen LogP contribution in [0.2, 0.25) is 0 Å². The van der Waals surface area contributed by atoms with Gasteiger partial charge in [0, 0.05) is 24.1 Å². The first-order valence-electron chi connectivity index (χ1n) is 7.42. The highest BCUT2D eigenvalue weighted by atomic mass is 16.5. The number of carboxylic acid groups (broad SMARTS) is 1. The minimum absolute atomic E-state index is 0.109. The van der Waals surface area contributed by atoms with Crippen molar-refractivity contribution in [3.05, 3.63) is 29.8 Å². The molecule has 0 unspecified atom stereocenters. The predicted octanol–water partition coefficient (Wildman–Crippen LogP) is -0.846. The molecule has 0 fully saturated rings. The third kappa shape index (κ3) is 6.97. The van der Waals surface area contributed by atoms with Crippen molar-refractivity contribution in [2.45, 2.75) is 25.3 Å². The van der Waals surface area contributed by atoms with Crippen LogP contribution in [0.5, 0.6) is 0 Å². The molecule has 8 N–H and O–H groups in total.